The maximum Gasteiger partial charge on any atom is 0.171 e. The van der Waals surface area contributed by atoms with E-state index in [1.807, 2.05) is 12.1 Å². The van der Waals surface area contributed by atoms with Crippen molar-refractivity contribution < 1.29 is 9.47 Å². The van der Waals surface area contributed by atoms with Crippen LogP contribution in [-0.4, -0.2) is 32.1 Å². The lowest BCUT2D eigenvalue weighted by Gasteiger charge is -2.39. The van der Waals surface area contributed by atoms with Crippen molar-refractivity contribution in [2.75, 3.05) is 36.9 Å². The van der Waals surface area contributed by atoms with Gasteiger partial charge >= 0.3 is 0 Å². The number of hydrogen-bond donors (Lipinski definition) is 1. The molecule has 2 heterocycles. The molecule has 18 heavy (non-hydrogen) atoms. The Balaban J connectivity index is 1.72. The van der Waals surface area contributed by atoms with Crippen molar-refractivity contribution >= 4 is 27.3 Å². The van der Waals surface area contributed by atoms with Crippen molar-refractivity contribution in [3.8, 4) is 0 Å². The van der Waals surface area contributed by atoms with Crippen LogP contribution in [0, 0.1) is 0 Å². The summed E-state index contributed by atoms with van der Waals surface area (Å²) < 4.78 is 12.5. The molecule has 1 aromatic rings. The molecule has 5 heteroatoms. The Labute approximate surface area is 115 Å². The fourth-order valence-electron chi connectivity index (χ4n) is 2.65. The summed E-state index contributed by atoms with van der Waals surface area (Å²) >= 11 is 3.57. The zero-order chi connectivity index (χ0) is 12.6. The Morgan fingerprint density at radius 1 is 1.17 bits per heavy atom. The molecule has 0 bridgehead atoms. The van der Waals surface area contributed by atoms with E-state index in [1.165, 1.54) is 5.69 Å². The van der Waals surface area contributed by atoms with E-state index in [4.69, 9.17) is 15.2 Å². The van der Waals surface area contributed by atoms with Crippen LogP contribution in [-0.2, 0) is 9.47 Å². The molecule has 1 spiro atoms. The quantitative estimate of drug-likeness (QED) is 0.809. The topological polar surface area (TPSA) is 47.7 Å². The van der Waals surface area contributed by atoms with Gasteiger partial charge in [-0.1, -0.05) is 0 Å². The predicted molar refractivity (Wildman–Crippen MR) is 74.6 cm³/mol. The largest absolute Gasteiger partial charge is 0.399 e. The van der Waals surface area contributed by atoms with Crippen LogP contribution >= 0.6 is 15.9 Å². The van der Waals surface area contributed by atoms with Gasteiger partial charge in [0.1, 0.15) is 0 Å². The van der Waals surface area contributed by atoms with Crippen molar-refractivity contribution in [2.45, 2.75) is 18.6 Å². The van der Waals surface area contributed by atoms with Gasteiger partial charge < -0.3 is 20.1 Å². The van der Waals surface area contributed by atoms with Crippen LogP contribution in [0.25, 0.3) is 0 Å². The van der Waals surface area contributed by atoms with E-state index in [9.17, 15) is 0 Å². The second kappa shape index (κ2) is 4.72. The number of piperidine rings is 1. The normalized spacial score (nSPS) is 22.6. The summed E-state index contributed by atoms with van der Waals surface area (Å²) in [5.74, 6) is -0.309. The molecule has 2 aliphatic heterocycles. The van der Waals surface area contributed by atoms with Crippen molar-refractivity contribution in [3.63, 3.8) is 0 Å². The summed E-state index contributed by atoms with van der Waals surface area (Å²) in [5.41, 5.74) is 7.73. The lowest BCUT2D eigenvalue weighted by Crippen LogP contribution is -2.45. The molecule has 2 fully saturated rings. The van der Waals surface area contributed by atoms with Gasteiger partial charge in [-0.25, -0.2) is 0 Å². The Kier molecular flexibility index (Phi) is 3.21. The Morgan fingerprint density at radius 2 is 1.83 bits per heavy atom. The molecule has 0 atom stereocenters. The lowest BCUT2D eigenvalue weighted by molar-refractivity contribution is -0.169. The van der Waals surface area contributed by atoms with Gasteiger partial charge in [0.05, 0.1) is 18.9 Å². The van der Waals surface area contributed by atoms with Gasteiger partial charge in [-0.3, -0.25) is 0 Å². The van der Waals surface area contributed by atoms with Crippen LogP contribution in [0.1, 0.15) is 12.8 Å². The summed E-state index contributed by atoms with van der Waals surface area (Å²) in [6.07, 6.45) is 1.84. The fraction of sp³-hybridized carbons (Fsp3) is 0.538. The average Bonchev–Trinajstić information content (AvgIpc) is 2.80. The number of nitrogens with zero attached hydrogens (tertiary/aromatic N) is 1. The molecule has 4 nitrogen and oxygen atoms in total. The molecule has 0 unspecified atom stereocenters. The SMILES string of the molecule is Nc1ccc(N2CCC3(CC2)OCCO3)c(Br)c1. The van der Waals surface area contributed by atoms with Crippen molar-refractivity contribution in [1.82, 2.24) is 0 Å². The molecule has 98 valence electrons. The molecule has 0 saturated carbocycles. The number of halogens is 1. The molecule has 0 aromatic heterocycles. The molecule has 0 amide bonds. The van der Waals surface area contributed by atoms with Crippen LogP contribution in [0.2, 0.25) is 0 Å². The van der Waals surface area contributed by atoms with Gasteiger partial charge in [-0.15, -0.1) is 0 Å². The van der Waals surface area contributed by atoms with Crippen LogP contribution in [0.5, 0.6) is 0 Å². The van der Waals surface area contributed by atoms with Crippen molar-refractivity contribution in [3.05, 3.63) is 22.7 Å². The van der Waals surface area contributed by atoms with E-state index in [0.29, 0.717) is 0 Å². The van der Waals surface area contributed by atoms with Crippen LogP contribution < -0.4 is 10.6 Å². The first-order chi connectivity index (χ1) is 8.69. The Morgan fingerprint density at radius 3 is 2.44 bits per heavy atom. The van der Waals surface area contributed by atoms with E-state index in [1.54, 1.807) is 0 Å². The minimum atomic E-state index is -0.309. The van der Waals surface area contributed by atoms with E-state index in [-0.39, 0.29) is 5.79 Å². The number of rotatable bonds is 1. The smallest absolute Gasteiger partial charge is 0.171 e. The molecule has 0 radical (unpaired) electrons. The number of nitrogen functional groups attached to an aromatic ring is 1. The monoisotopic (exact) mass is 312 g/mol. The summed E-state index contributed by atoms with van der Waals surface area (Å²) in [7, 11) is 0. The highest BCUT2D eigenvalue weighted by Gasteiger charge is 2.39. The molecule has 1 aromatic carbocycles. The van der Waals surface area contributed by atoms with Crippen LogP contribution in [0.15, 0.2) is 22.7 Å². The first-order valence-electron chi connectivity index (χ1n) is 6.26. The van der Waals surface area contributed by atoms with Crippen molar-refractivity contribution in [2.24, 2.45) is 0 Å². The first-order valence-corrected chi connectivity index (χ1v) is 7.06. The number of benzene rings is 1. The minimum Gasteiger partial charge on any atom is -0.399 e. The van der Waals surface area contributed by atoms with Gasteiger partial charge in [0.25, 0.3) is 0 Å². The highest BCUT2D eigenvalue weighted by Crippen LogP contribution is 2.36. The third kappa shape index (κ3) is 2.22. The average molecular weight is 313 g/mol. The van der Waals surface area contributed by atoms with Gasteiger partial charge in [0, 0.05) is 36.1 Å². The number of anilines is 2. The summed E-state index contributed by atoms with van der Waals surface area (Å²) in [5, 5.41) is 0. The van der Waals surface area contributed by atoms with Crippen molar-refractivity contribution in [1.29, 1.82) is 0 Å². The summed E-state index contributed by atoms with van der Waals surface area (Å²) in [6.45, 7) is 3.35. The molecular formula is C13H17BrN2O2. The third-order valence-electron chi connectivity index (χ3n) is 3.65. The van der Waals surface area contributed by atoms with Crippen LogP contribution in [0.3, 0.4) is 0 Å². The molecular weight excluding hydrogens is 296 g/mol. The number of ether oxygens (including phenoxy) is 2. The predicted octanol–water partition coefficient (Wildman–Crippen LogP) is 2.37. The number of hydrogen-bond acceptors (Lipinski definition) is 4. The van der Waals surface area contributed by atoms with Crippen LogP contribution in [0.4, 0.5) is 11.4 Å². The van der Waals surface area contributed by atoms with Gasteiger partial charge in [-0.2, -0.15) is 0 Å². The Bertz CT molecular complexity index is 437. The third-order valence-corrected chi connectivity index (χ3v) is 4.29. The van der Waals surface area contributed by atoms with Gasteiger partial charge in [0.15, 0.2) is 5.79 Å². The standard InChI is InChI=1S/C13H17BrN2O2/c14-11-9-10(15)1-2-12(11)16-5-3-13(4-6-16)17-7-8-18-13/h1-2,9H,3-8,15H2. The second-order valence-electron chi connectivity index (χ2n) is 4.81. The Hall–Kier alpha value is -0.780. The molecule has 3 rings (SSSR count). The summed E-state index contributed by atoms with van der Waals surface area (Å²) in [4.78, 5) is 2.35. The fourth-order valence-corrected chi connectivity index (χ4v) is 3.30. The zero-order valence-corrected chi connectivity index (χ0v) is 11.8. The highest BCUT2D eigenvalue weighted by atomic mass is 79.9. The van der Waals surface area contributed by atoms with E-state index in [0.717, 1.165) is 49.3 Å². The molecule has 2 aliphatic rings. The zero-order valence-electron chi connectivity index (χ0n) is 10.2. The molecule has 2 N–H and O–H groups in total. The van der Waals surface area contributed by atoms with Gasteiger partial charge in [0.2, 0.25) is 0 Å². The summed E-state index contributed by atoms with van der Waals surface area (Å²) in [6, 6.07) is 5.95. The van der Waals surface area contributed by atoms with Gasteiger partial charge in [-0.05, 0) is 34.1 Å². The molecule has 2 saturated heterocycles. The maximum absolute atomic E-state index is 5.76. The minimum absolute atomic E-state index is 0.309. The highest BCUT2D eigenvalue weighted by molar-refractivity contribution is 9.10. The van der Waals surface area contributed by atoms with E-state index >= 15 is 0 Å². The lowest BCUT2D eigenvalue weighted by atomic mass is 10.0. The maximum atomic E-state index is 5.76. The van der Waals surface area contributed by atoms with E-state index < -0.39 is 0 Å². The molecule has 0 aliphatic carbocycles. The number of nitrogens with two attached hydrogens (primary N) is 1. The van der Waals surface area contributed by atoms with E-state index in [2.05, 4.69) is 26.9 Å². The first kappa shape index (κ1) is 12.3. The second-order valence-corrected chi connectivity index (χ2v) is 5.66.